The fourth-order valence-corrected chi connectivity index (χ4v) is 5.01. The largest absolute Gasteiger partial charge is 0.304 e. The van der Waals surface area contributed by atoms with Gasteiger partial charge in [-0.25, -0.2) is 0 Å². The standard InChI is InChI=1S/C17H11N2S2/c1-3-7-14-12(5-1)18-9-10-19-13-6-2-4-8-15(13)21-17(19)11-16(18)20-14/h1-11H/q+1. The van der Waals surface area contributed by atoms with Crippen LogP contribution in [0.15, 0.2) is 64.7 Å². The molecule has 100 valence electrons. The van der Waals surface area contributed by atoms with Crippen molar-refractivity contribution < 1.29 is 4.57 Å². The van der Waals surface area contributed by atoms with Crippen molar-refractivity contribution in [3.8, 4) is 0 Å². The molecule has 21 heavy (non-hydrogen) atoms. The second-order valence-electron chi connectivity index (χ2n) is 5.00. The maximum Gasteiger partial charge on any atom is 0.270 e. The lowest BCUT2D eigenvalue weighted by Crippen LogP contribution is -2.26. The number of nitrogens with zero attached hydrogens (tertiary/aromatic N) is 2. The number of benzene rings is 2. The van der Waals surface area contributed by atoms with E-state index in [0.717, 1.165) is 0 Å². The molecule has 3 aromatic rings. The van der Waals surface area contributed by atoms with Crippen LogP contribution in [0.4, 0.5) is 5.69 Å². The molecule has 2 aromatic carbocycles. The number of hydrogen-bond acceptors (Lipinski definition) is 3. The number of thiazole rings is 1. The van der Waals surface area contributed by atoms with E-state index in [4.69, 9.17) is 0 Å². The highest BCUT2D eigenvalue weighted by molar-refractivity contribution is 8.04. The predicted octanol–water partition coefficient (Wildman–Crippen LogP) is 4.54. The van der Waals surface area contributed by atoms with Crippen LogP contribution in [0.1, 0.15) is 5.01 Å². The van der Waals surface area contributed by atoms with Gasteiger partial charge in [0.2, 0.25) is 5.52 Å². The SMILES string of the molecule is C1=C[n+]2c(sc3ccccc32)C=C2Sc3ccccc3N12. The van der Waals surface area contributed by atoms with Gasteiger partial charge in [-0.1, -0.05) is 47.4 Å². The van der Waals surface area contributed by atoms with Crippen LogP contribution in [-0.4, -0.2) is 0 Å². The van der Waals surface area contributed by atoms with Crippen molar-refractivity contribution in [2.75, 3.05) is 4.90 Å². The van der Waals surface area contributed by atoms with Crippen molar-refractivity contribution in [2.24, 2.45) is 0 Å². The van der Waals surface area contributed by atoms with Gasteiger partial charge in [-0.2, -0.15) is 0 Å². The lowest BCUT2D eigenvalue weighted by molar-refractivity contribution is -0.535. The van der Waals surface area contributed by atoms with Gasteiger partial charge in [-0.05, 0) is 18.2 Å². The van der Waals surface area contributed by atoms with Crippen LogP contribution in [0.25, 0.3) is 22.5 Å². The van der Waals surface area contributed by atoms with Gasteiger partial charge in [0.05, 0.1) is 23.0 Å². The fourth-order valence-electron chi connectivity index (χ4n) is 2.79. The van der Waals surface area contributed by atoms with Crippen molar-refractivity contribution in [3.05, 3.63) is 64.8 Å². The predicted molar refractivity (Wildman–Crippen MR) is 90.1 cm³/mol. The Morgan fingerprint density at radius 2 is 1.81 bits per heavy atom. The van der Waals surface area contributed by atoms with Gasteiger partial charge in [0.1, 0.15) is 4.70 Å². The van der Waals surface area contributed by atoms with E-state index in [0.29, 0.717) is 0 Å². The molecule has 5 rings (SSSR count). The van der Waals surface area contributed by atoms with Crippen LogP contribution in [0.5, 0.6) is 0 Å². The molecule has 0 spiro atoms. The highest BCUT2D eigenvalue weighted by Crippen LogP contribution is 2.47. The van der Waals surface area contributed by atoms with Crippen LogP contribution in [0.2, 0.25) is 0 Å². The molecular formula is C17H11N2S2+. The maximum atomic E-state index is 2.29. The molecule has 2 nitrogen and oxygen atoms in total. The quantitative estimate of drug-likeness (QED) is 0.563. The summed E-state index contributed by atoms with van der Waals surface area (Å²) in [5.74, 6) is 0. The molecule has 0 fully saturated rings. The third-order valence-corrected chi connectivity index (χ3v) is 5.94. The third kappa shape index (κ3) is 1.63. The highest BCUT2D eigenvalue weighted by Gasteiger charge is 2.28. The van der Waals surface area contributed by atoms with Crippen molar-refractivity contribution in [1.82, 2.24) is 0 Å². The molecule has 0 saturated heterocycles. The Morgan fingerprint density at radius 1 is 0.952 bits per heavy atom. The van der Waals surface area contributed by atoms with E-state index >= 15 is 0 Å². The molecule has 0 atom stereocenters. The summed E-state index contributed by atoms with van der Waals surface area (Å²) in [6.45, 7) is 0. The summed E-state index contributed by atoms with van der Waals surface area (Å²) in [6, 6.07) is 17.1. The summed E-state index contributed by atoms with van der Waals surface area (Å²) in [5.41, 5.74) is 2.54. The Morgan fingerprint density at radius 3 is 2.81 bits per heavy atom. The van der Waals surface area contributed by atoms with E-state index in [-0.39, 0.29) is 0 Å². The lowest BCUT2D eigenvalue weighted by atomic mass is 10.3. The van der Waals surface area contributed by atoms with Crippen LogP contribution in [0, 0.1) is 0 Å². The molecule has 2 aliphatic rings. The minimum absolute atomic E-state index is 1.27. The van der Waals surface area contributed by atoms with E-state index < -0.39 is 0 Å². The minimum Gasteiger partial charge on any atom is -0.304 e. The first kappa shape index (κ1) is 11.6. The molecule has 2 aliphatic heterocycles. The van der Waals surface area contributed by atoms with Gasteiger partial charge in [0.15, 0.2) is 6.20 Å². The molecule has 0 aliphatic carbocycles. The summed E-state index contributed by atoms with van der Waals surface area (Å²) < 4.78 is 3.59. The number of rotatable bonds is 0. The zero-order chi connectivity index (χ0) is 13.8. The van der Waals surface area contributed by atoms with Gasteiger partial charge in [0, 0.05) is 11.0 Å². The molecule has 1 aromatic heterocycles. The summed E-state index contributed by atoms with van der Waals surface area (Å²) >= 11 is 3.67. The maximum absolute atomic E-state index is 2.29. The molecular weight excluding hydrogens is 296 g/mol. The Bertz CT molecular complexity index is 937. The van der Waals surface area contributed by atoms with Gasteiger partial charge < -0.3 is 4.90 Å². The van der Waals surface area contributed by atoms with Gasteiger partial charge >= 0.3 is 0 Å². The molecule has 0 saturated carbocycles. The van der Waals surface area contributed by atoms with Gasteiger partial charge in [-0.15, -0.1) is 4.57 Å². The molecule has 0 N–H and O–H groups in total. The van der Waals surface area contributed by atoms with Crippen LogP contribution in [-0.2, 0) is 0 Å². The summed E-state index contributed by atoms with van der Waals surface area (Å²) in [5, 5.41) is 2.54. The normalized spacial score (nSPS) is 15.4. The smallest absolute Gasteiger partial charge is 0.270 e. The minimum atomic E-state index is 1.27. The zero-order valence-corrected chi connectivity index (χ0v) is 12.7. The Kier molecular flexibility index (Phi) is 2.34. The number of hydrogen-bond donors (Lipinski definition) is 0. The van der Waals surface area contributed by atoms with Crippen LogP contribution >= 0.6 is 23.1 Å². The van der Waals surface area contributed by atoms with E-state index in [1.54, 1.807) is 0 Å². The van der Waals surface area contributed by atoms with E-state index in [1.807, 2.05) is 23.1 Å². The molecule has 0 unspecified atom stereocenters. The average molecular weight is 307 g/mol. The molecule has 0 radical (unpaired) electrons. The van der Waals surface area contributed by atoms with Gasteiger partial charge in [-0.3, -0.25) is 0 Å². The number of fused-ring (bicyclic) bond motifs is 6. The lowest BCUT2D eigenvalue weighted by Gasteiger charge is -2.11. The number of anilines is 1. The van der Waals surface area contributed by atoms with Crippen molar-refractivity contribution in [2.45, 2.75) is 4.90 Å². The van der Waals surface area contributed by atoms with E-state index in [9.17, 15) is 0 Å². The van der Waals surface area contributed by atoms with Crippen LogP contribution in [0.3, 0.4) is 0 Å². The van der Waals surface area contributed by atoms with E-state index in [1.165, 1.54) is 30.8 Å². The topological polar surface area (TPSA) is 7.12 Å². The third-order valence-electron chi connectivity index (χ3n) is 3.77. The Labute approximate surface area is 130 Å². The number of thioether (sulfide) groups is 1. The monoisotopic (exact) mass is 307 g/mol. The average Bonchev–Trinajstić information content (AvgIpc) is 2.98. The van der Waals surface area contributed by atoms with Crippen molar-refractivity contribution in [3.63, 3.8) is 0 Å². The summed E-state index contributed by atoms with van der Waals surface area (Å²) in [4.78, 5) is 3.59. The Balaban J connectivity index is 1.74. The first-order valence-electron chi connectivity index (χ1n) is 6.79. The van der Waals surface area contributed by atoms with Crippen molar-refractivity contribution in [1.29, 1.82) is 0 Å². The highest BCUT2D eigenvalue weighted by atomic mass is 32.2. The molecule has 4 heteroatoms. The number of aromatic nitrogens is 1. The van der Waals surface area contributed by atoms with Gasteiger partial charge in [0.25, 0.3) is 5.01 Å². The molecule has 0 bridgehead atoms. The molecule has 3 heterocycles. The second kappa shape index (κ2) is 4.23. The zero-order valence-electron chi connectivity index (χ0n) is 11.1. The number of para-hydroxylation sites is 2. The summed E-state index contributed by atoms with van der Waals surface area (Å²) in [7, 11) is 0. The van der Waals surface area contributed by atoms with Crippen LogP contribution < -0.4 is 9.47 Å². The summed E-state index contributed by atoms with van der Waals surface area (Å²) in [6.07, 6.45) is 6.62. The van der Waals surface area contributed by atoms with Crippen molar-refractivity contribution >= 4 is 51.3 Å². The fraction of sp³-hybridized carbons (Fsp3) is 0. The van der Waals surface area contributed by atoms with E-state index in [2.05, 4.69) is 76.5 Å². The molecule has 0 amide bonds. The second-order valence-corrected chi connectivity index (χ2v) is 7.12. The Hall–Kier alpha value is -2.04. The first-order valence-corrected chi connectivity index (χ1v) is 8.43. The first-order chi connectivity index (χ1) is 10.4.